The van der Waals surface area contributed by atoms with Gasteiger partial charge in [0.1, 0.15) is 18.1 Å². The molecule has 0 bridgehead atoms. The number of carbonyl (C=O) groups excluding carboxylic acids is 1. The summed E-state index contributed by atoms with van der Waals surface area (Å²) in [6.45, 7) is 0.917. The van der Waals surface area contributed by atoms with Crippen molar-refractivity contribution in [2.24, 2.45) is 0 Å². The zero-order valence-electron chi connectivity index (χ0n) is 15.9. The second-order valence-corrected chi connectivity index (χ2v) is 7.39. The Hall–Kier alpha value is -3.06. The SMILES string of the molecule is O=C(O)[C@@H](O)Cc1ccc(OCCN2COc3c(cccc3C3CC3)C2=O)cc1. The number of aliphatic hydroxyl groups excluding tert-OH is 1. The molecule has 0 aromatic heterocycles. The number of rotatable bonds is 8. The van der Waals surface area contributed by atoms with Gasteiger partial charge in [0.25, 0.3) is 5.91 Å². The maximum Gasteiger partial charge on any atom is 0.332 e. The van der Waals surface area contributed by atoms with Gasteiger partial charge in [-0.1, -0.05) is 24.3 Å². The lowest BCUT2D eigenvalue weighted by molar-refractivity contribution is -0.146. The average molecular weight is 397 g/mol. The number of carbonyl (C=O) groups is 2. The zero-order chi connectivity index (χ0) is 20.4. The molecule has 1 atom stereocenters. The second kappa shape index (κ2) is 8.13. The van der Waals surface area contributed by atoms with Gasteiger partial charge >= 0.3 is 5.97 Å². The molecule has 152 valence electrons. The molecule has 1 saturated carbocycles. The van der Waals surface area contributed by atoms with E-state index in [0.29, 0.717) is 35.9 Å². The third-order valence-electron chi connectivity index (χ3n) is 5.21. The molecule has 1 heterocycles. The van der Waals surface area contributed by atoms with Crippen molar-refractivity contribution in [1.82, 2.24) is 4.90 Å². The van der Waals surface area contributed by atoms with Crippen LogP contribution < -0.4 is 9.47 Å². The fourth-order valence-corrected chi connectivity index (χ4v) is 3.44. The van der Waals surface area contributed by atoms with Crippen LogP contribution in [0.2, 0.25) is 0 Å². The largest absolute Gasteiger partial charge is 0.492 e. The van der Waals surface area contributed by atoms with E-state index in [-0.39, 0.29) is 19.1 Å². The molecular formula is C22H23NO6. The van der Waals surface area contributed by atoms with E-state index in [4.69, 9.17) is 14.6 Å². The van der Waals surface area contributed by atoms with Gasteiger partial charge in [-0.3, -0.25) is 4.79 Å². The van der Waals surface area contributed by atoms with Crippen molar-refractivity contribution >= 4 is 11.9 Å². The number of aliphatic carboxylic acids is 1. The molecule has 29 heavy (non-hydrogen) atoms. The van der Waals surface area contributed by atoms with E-state index in [1.807, 2.05) is 12.1 Å². The maximum atomic E-state index is 12.8. The molecule has 7 nitrogen and oxygen atoms in total. The molecule has 1 fully saturated rings. The highest BCUT2D eigenvalue weighted by molar-refractivity contribution is 5.98. The number of nitrogens with zero attached hydrogens (tertiary/aromatic N) is 1. The van der Waals surface area contributed by atoms with Crippen molar-refractivity contribution in [3.05, 3.63) is 59.2 Å². The van der Waals surface area contributed by atoms with Crippen LogP contribution in [0.1, 0.15) is 40.2 Å². The molecule has 2 aliphatic rings. The molecule has 4 rings (SSSR count). The van der Waals surface area contributed by atoms with E-state index in [9.17, 15) is 14.7 Å². The lowest BCUT2D eigenvalue weighted by atomic mass is 10.0. The minimum Gasteiger partial charge on any atom is -0.492 e. The number of hydrogen-bond acceptors (Lipinski definition) is 5. The normalized spacial score (nSPS) is 16.7. The van der Waals surface area contributed by atoms with Crippen LogP contribution >= 0.6 is 0 Å². The molecular weight excluding hydrogens is 374 g/mol. The summed E-state index contributed by atoms with van der Waals surface area (Å²) in [5, 5.41) is 18.1. The van der Waals surface area contributed by atoms with Crippen LogP contribution in [0.15, 0.2) is 42.5 Å². The Kier molecular flexibility index (Phi) is 5.40. The summed E-state index contributed by atoms with van der Waals surface area (Å²) in [7, 11) is 0. The first-order valence-electron chi connectivity index (χ1n) is 9.70. The summed E-state index contributed by atoms with van der Waals surface area (Å²) >= 11 is 0. The topological polar surface area (TPSA) is 96.3 Å². The quantitative estimate of drug-likeness (QED) is 0.710. The first kappa shape index (κ1) is 19.3. The second-order valence-electron chi connectivity index (χ2n) is 7.39. The lowest BCUT2D eigenvalue weighted by Gasteiger charge is -2.30. The highest BCUT2D eigenvalue weighted by Gasteiger charge is 2.33. The van der Waals surface area contributed by atoms with Gasteiger partial charge in [0.15, 0.2) is 12.8 Å². The van der Waals surface area contributed by atoms with Gasteiger partial charge in [0.05, 0.1) is 12.1 Å². The third-order valence-corrected chi connectivity index (χ3v) is 5.21. The predicted molar refractivity (Wildman–Crippen MR) is 104 cm³/mol. The van der Waals surface area contributed by atoms with Gasteiger partial charge in [0, 0.05) is 6.42 Å². The smallest absolute Gasteiger partial charge is 0.332 e. The van der Waals surface area contributed by atoms with E-state index < -0.39 is 12.1 Å². The van der Waals surface area contributed by atoms with Gasteiger partial charge < -0.3 is 24.6 Å². The van der Waals surface area contributed by atoms with Gasteiger partial charge in [-0.2, -0.15) is 0 Å². The highest BCUT2D eigenvalue weighted by Crippen LogP contribution is 2.46. The van der Waals surface area contributed by atoms with Crippen molar-refractivity contribution in [3.8, 4) is 11.5 Å². The Morgan fingerprint density at radius 1 is 1.21 bits per heavy atom. The standard InChI is InChI=1S/C22H23NO6/c24-19(22(26)27)12-14-4-8-16(9-5-14)28-11-10-23-13-29-20-17(15-6-7-15)2-1-3-18(20)21(23)25/h1-5,8-9,15,19,24H,6-7,10-13H2,(H,26,27)/t19-/m0/s1. The minimum atomic E-state index is -1.42. The number of ether oxygens (including phenoxy) is 2. The average Bonchev–Trinajstić information content (AvgIpc) is 3.56. The van der Waals surface area contributed by atoms with Crippen LogP contribution in [0.5, 0.6) is 11.5 Å². The number of carboxylic acids is 1. The van der Waals surface area contributed by atoms with Gasteiger partial charge in [0.2, 0.25) is 0 Å². The number of para-hydroxylation sites is 1. The number of benzene rings is 2. The zero-order valence-corrected chi connectivity index (χ0v) is 15.9. The molecule has 1 amide bonds. The van der Waals surface area contributed by atoms with Crippen molar-refractivity contribution in [3.63, 3.8) is 0 Å². The van der Waals surface area contributed by atoms with Crippen LogP contribution in [0.25, 0.3) is 0 Å². The fourth-order valence-electron chi connectivity index (χ4n) is 3.44. The van der Waals surface area contributed by atoms with Crippen molar-refractivity contribution < 1.29 is 29.3 Å². The molecule has 1 aliphatic heterocycles. The van der Waals surface area contributed by atoms with Gasteiger partial charge in [-0.15, -0.1) is 0 Å². The summed E-state index contributed by atoms with van der Waals surface area (Å²) < 4.78 is 11.6. The van der Waals surface area contributed by atoms with Crippen LogP contribution in [-0.2, 0) is 11.2 Å². The molecule has 2 aromatic rings. The molecule has 0 saturated heterocycles. The molecule has 2 N–H and O–H groups in total. The van der Waals surface area contributed by atoms with E-state index in [2.05, 4.69) is 0 Å². The molecule has 7 heteroatoms. The molecule has 2 aromatic carbocycles. The number of hydrogen-bond donors (Lipinski definition) is 2. The third kappa shape index (κ3) is 4.35. The number of aliphatic hydroxyl groups is 1. The van der Waals surface area contributed by atoms with Crippen molar-refractivity contribution in [1.29, 1.82) is 0 Å². The maximum absolute atomic E-state index is 12.8. The van der Waals surface area contributed by atoms with E-state index in [1.54, 1.807) is 35.2 Å². The summed E-state index contributed by atoms with van der Waals surface area (Å²) in [6, 6.07) is 12.6. The number of carboxylic acid groups (broad SMARTS) is 1. The summed E-state index contributed by atoms with van der Waals surface area (Å²) in [5.41, 5.74) is 2.46. The van der Waals surface area contributed by atoms with Crippen LogP contribution in [-0.4, -0.2) is 53.0 Å². The Labute approximate surface area is 168 Å². The van der Waals surface area contributed by atoms with Crippen molar-refractivity contribution in [2.75, 3.05) is 19.9 Å². The first-order valence-corrected chi connectivity index (χ1v) is 9.70. The molecule has 0 radical (unpaired) electrons. The Morgan fingerprint density at radius 3 is 2.66 bits per heavy atom. The fraction of sp³-hybridized carbons (Fsp3) is 0.364. The summed E-state index contributed by atoms with van der Waals surface area (Å²) in [6.07, 6.45) is 0.923. The summed E-state index contributed by atoms with van der Waals surface area (Å²) in [5.74, 6) is 0.573. The first-order chi connectivity index (χ1) is 14.0. The molecule has 1 aliphatic carbocycles. The van der Waals surface area contributed by atoms with E-state index in [1.165, 1.54) is 0 Å². The predicted octanol–water partition coefficient (Wildman–Crippen LogP) is 2.42. The minimum absolute atomic E-state index is 0.0392. The Bertz CT molecular complexity index is 906. The van der Waals surface area contributed by atoms with Crippen LogP contribution in [0.3, 0.4) is 0 Å². The lowest BCUT2D eigenvalue weighted by Crippen LogP contribution is -2.41. The molecule has 0 unspecified atom stereocenters. The Balaban J connectivity index is 1.30. The molecule has 0 spiro atoms. The number of fused-ring (bicyclic) bond motifs is 1. The number of amides is 1. The van der Waals surface area contributed by atoms with Crippen LogP contribution in [0, 0.1) is 0 Å². The van der Waals surface area contributed by atoms with Crippen LogP contribution in [0.4, 0.5) is 0 Å². The van der Waals surface area contributed by atoms with Gasteiger partial charge in [-0.25, -0.2) is 4.79 Å². The summed E-state index contributed by atoms with van der Waals surface area (Å²) in [4.78, 5) is 25.1. The Morgan fingerprint density at radius 2 is 1.97 bits per heavy atom. The highest BCUT2D eigenvalue weighted by atomic mass is 16.5. The van der Waals surface area contributed by atoms with E-state index in [0.717, 1.165) is 24.2 Å². The van der Waals surface area contributed by atoms with E-state index >= 15 is 0 Å². The van der Waals surface area contributed by atoms with Gasteiger partial charge in [-0.05, 0) is 48.1 Å². The van der Waals surface area contributed by atoms with Crippen molar-refractivity contribution in [2.45, 2.75) is 31.3 Å². The monoisotopic (exact) mass is 397 g/mol.